The van der Waals surface area contributed by atoms with Crippen LogP contribution in [-0.2, 0) is 4.74 Å². The van der Waals surface area contributed by atoms with Gasteiger partial charge in [0.15, 0.2) is 0 Å². The first-order chi connectivity index (χ1) is 8.51. The smallest absolute Gasteiger partial charge is 0.269 e. The molecule has 2 heterocycles. The second-order valence-corrected chi connectivity index (χ2v) is 4.41. The number of hydrogen-bond donors (Lipinski definition) is 2. The van der Waals surface area contributed by atoms with Gasteiger partial charge in [0, 0.05) is 19.6 Å². The van der Waals surface area contributed by atoms with Crippen molar-refractivity contribution in [2.24, 2.45) is 0 Å². The Balaban J connectivity index is 1.94. The number of nitrogens with zero attached hydrogens (tertiary/aromatic N) is 1. The van der Waals surface area contributed by atoms with Crippen molar-refractivity contribution in [3.05, 3.63) is 29.8 Å². The van der Waals surface area contributed by atoms with Crippen LogP contribution in [0.15, 0.2) is 18.3 Å². The van der Waals surface area contributed by atoms with Gasteiger partial charge in [-0.15, -0.1) is 0 Å². The zero-order valence-corrected chi connectivity index (χ0v) is 10.0. The molecule has 0 radical (unpaired) electrons. The predicted octanol–water partition coefficient (Wildman–Crippen LogP) is 0.490. The SMILES string of the molecule is CC1OCCC1(O)CNC(=O)c1ccc(F)cn1. The molecular formula is C12H15FN2O3. The van der Waals surface area contributed by atoms with E-state index in [9.17, 15) is 14.3 Å². The summed E-state index contributed by atoms with van der Waals surface area (Å²) >= 11 is 0. The van der Waals surface area contributed by atoms with Crippen LogP contribution < -0.4 is 5.32 Å². The summed E-state index contributed by atoms with van der Waals surface area (Å²) in [6.07, 6.45) is 1.13. The Morgan fingerprint density at radius 2 is 2.50 bits per heavy atom. The van der Waals surface area contributed by atoms with Gasteiger partial charge in [-0.25, -0.2) is 9.37 Å². The van der Waals surface area contributed by atoms with Gasteiger partial charge in [0.25, 0.3) is 5.91 Å². The van der Waals surface area contributed by atoms with E-state index in [0.29, 0.717) is 13.0 Å². The maximum absolute atomic E-state index is 12.6. The van der Waals surface area contributed by atoms with Gasteiger partial charge in [-0.05, 0) is 19.1 Å². The number of nitrogens with one attached hydrogen (secondary N) is 1. The Labute approximate surface area is 104 Å². The Hall–Kier alpha value is -1.53. The molecule has 2 N–H and O–H groups in total. The van der Waals surface area contributed by atoms with Crippen LogP contribution in [0.4, 0.5) is 4.39 Å². The summed E-state index contributed by atoms with van der Waals surface area (Å²) in [6.45, 7) is 2.32. The monoisotopic (exact) mass is 254 g/mol. The molecule has 1 saturated heterocycles. The molecule has 1 aliphatic rings. The van der Waals surface area contributed by atoms with Crippen LogP contribution in [0.25, 0.3) is 0 Å². The molecule has 0 spiro atoms. The quantitative estimate of drug-likeness (QED) is 0.823. The third-order valence-electron chi connectivity index (χ3n) is 3.17. The molecule has 1 aromatic rings. The first-order valence-electron chi connectivity index (χ1n) is 5.75. The van der Waals surface area contributed by atoms with Crippen molar-refractivity contribution in [3.63, 3.8) is 0 Å². The molecule has 2 rings (SSSR count). The van der Waals surface area contributed by atoms with Crippen molar-refractivity contribution < 1.29 is 19.0 Å². The number of carbonyl (C=O) groups is 1. The van der Waals surface area contributed by atoms with Crippen LogP contribution >= 0.6 is 0 Å². The Kier molecular flexibility index (Phi) is 3.58. The molecule has 1 fully saturated rings. The first kappa shape index (κ1) is 12.9. The number of aromatic nitrogens is 1. The van der Waals surface area contributed by atoms with Crippen LogP contribution in [0.1, 0.15) is 23.8 Å². The fourth-order valence-electron chi connectivity index (χ4n) is 1.84. The zero-order valence-electron chi connectivity index (χ0n) is 10.0. The molecule has 1 aromatic heterocycles. The van der Waals surface area contributed by atoms with Crippen LogP contribution in [0.5, 0.6) is 0 Å². The van der Waals surface area contributed by atoms with E-state index >= 15 is 0 Å². The molecular weight excluding hydrogens is 239 g/mol. The molecule has 0 aromatic carbocycles. The number of halogens is 1. The van der Waals surface area contributed by atoms with Gasteiger partial charge in [-0.2, -0.15) is 0 Å². The summed E-state index contributed by atoms with van der Waals surface area (Å²) in [5.74, 6) is -0.939. The highest BCUT2D eigenvalue weighted by Gasteiger charge is 2.39. The molecule has 18 heavy (non-hydrogen) atoms. The lowest BCUT2D eigenvalue weighted by atomic mass is 9.97. The Bertz CT molecular complexity index is 437. The highest BCUT2D eigenvalue weighted by Crippen LogP contribution is 2.24. The van der Waals surface area contributed by atoms with Gasteiger partial charge in [-0.3, -0.25) is 4.79 Å². The molecule has 98 valence electrons. The number of aliphatic hydroxyl groups is 1. The number of rotatable bonds is 3. The largest absolute Gasteiger partial charge is 0.385 e. The zero-order chi connectivity index (χ0) is 13.2. The molecule has 2 atom stereocenters. The first-order valence-corrected chi connectivity index (χ1v) is 5.75. The maximum Gasteiger partial charge on any atom is 0.269 e. The van der Waals surface area contributed by atoms with E-state index in [1.807, 2.05) is 0 Å². The Morgan fingerprint density at radius 1 is 1.72 bits per heavy atom. The lowest BCUT2D eigenvalue weighted by Gasteiger charge is -2.25. The van der Waals surface area contributed by atoms with E-state index < -0.39 is 17.3 Å². The molecule has 1 amide bonds. The minimum absolute atomic E-state index is 0.0893. The Morgan fingerprint density at radius 3 is 3.06 bits per heavy atom. The minimum Gasteiger partial charge on any atom is -0.385 e. The third-order valence-corrected chi connectivity index (χ3v) is 3.17. The van der Waals surface area contributed by atoms with E-state index in [4.69, 9.17) is 4.74 Å². The van der Waals surface area contributed by atoms with Crippen LogP contribution in [0.2, 0.25) is 0 Å². The van der Waals surface area contributed by atoms with Crippen molar-refractivity contribution in [2.45, 2.75) is 25.0 Å². The molecule has 0 saturated carbocycles. The van der Waals surface area contributed by atoms with Crippen molar-refractivity contribution in [2.75, 3.05) is 13.2 Å². The fraction of sp³-hybridized carbons (Fsp3) is 0.500. The lowest BCUT2D eigenvalue weighted by molar-refractivity contribution is -0.0252. The molecule has 0 aliphatic carbocycles. The summed E-state index contributed by atoms with van der Waals surface area (Å²) in [4.78, 5) is 15.4. The summed E-state index contributed by atoms with van der Waals surface area (Å²) in [7, 11) is 0. The molecule has 6 heteroatoms. The number of pyridine rings is 1. The van der Waals surface area contributed by atoms with Gasteiger partial charge in [0.2, 0.25) is 0 Å². The van der Waals surface area contributed by atoms with E-state index in [1.165, 1.54) is 6.07 Å². The summed E-state index contributed by atoms with van der Waals surface area (Å²) in [6, 6.07) is 2.46. The van der Waals surface area contributed by atoms with Crippen LogP contribution in [-0.4, -0.2) is 40.9 Å². The minimum atomic E-state index is -1.05. The van der Waals surface area contributed by atoms with Crippen molar-refractivity contribution in [1.82, 2.24) is 10.3 Å². The normalized spacial score (nSPS) is 27.2. The van der Waals surface area contributed by atoms with Gasteiger partial charge < -0.3 is 15.2 Å². The standard InChI is InChI=1S/C12H15FN2O3/c1-8-12(17,4-5-18-8)7-15-11(16)10-3-2-9(13)6-14-10/h2-3,6,8,17H,4-5,7H2,1H3,(H,15,16). The lowest BCUT2D eigenvalue weighted by Crippen LogP contribution is -2.47. The molecule has 0 bridgehead atoms. The summed E-state index contributed by atoms with van der Waals surface area (Å²) < 4.78 is 17.9. The van der Waals surface area contributed by atoms with Gasteiger partial charge in [-0.1, -0.05) is 0 Å². The number of carbonyl (C=O) groups excluding carboxylic acids is 1. The van der Waals surface area contributed by atoms with E-state index in [0.717, 1.165) is 12.3 Å². The summed E-state index contributed by atoms with van der Waals surface area (Å²) in [5.41, 5.74) is -0.929. The third kappa shape index (κ3) is 2.65. The van der Waals surface area contributed by atoms with Gasteiger partial charge in [0.05, 0.1) is 12.3 Å². The van der Waals surface area contributed by atoms with Gasteiger partial charge in [0.1, 0.15) is 17.1 Å². The molecule has 2 unspecified atom stereocenters. The average Bonchev–Trinajstić information content (AvgIpc) is 2.68. The van der Waals surface area contributed by atoms with E-state index in [1.54, 1.807) is 6.92 Å². The number of amides is 1. The predicted molar refractivity (Wildman–Crippen MR) is 61.5 cm³/mol. The second-order valence-electron chi connectivity index (χ2n) is 4.41. The van der Waals surface area contributed by atoms with Crippen molar-refractivity contribution in [1.29, 1.82) is 0 Å². The average molecular weight is 254 g/mol. The fourth-order valence-corrected chi connectivity index (χ4v) is 1.84. The van der Waals surface area contributed by atoms with E-state index in [-0.39, 0.29) is 18.3 Å². The topological polar surface area (TPSA) is 71.5 Å². The van der Waals surface area contributed by atoms with Crippen molar-refractivity contribution in [3.8, 4) is 0 Å². The van der Waals surface area contributed by atoms with Crippen LogP contribution in [0, 0.1) is 5.82 Å². The summed E-state index contributed by atoms with van der Waals surface area (Å²) in [5, 5.41) is 12.8. The second kappa shape index (κ2) is 4.99. The van der Waals surface area contributed by atoms with Crippen LogP contribution in [0.3, 0.4) is 0 Å². The molecule has 5 nitrogen and oxygen atoms in total. The maximum atomic E-state index is 12.6. The van der Waals surface area contributed by atoms with E-state index in [2.05, 4.69) is 10.3 Å². The highest BCUT2D eigenvalue weighted by atomic mass is 19.1. The molecule has 1 aliphatic heterocycles. The highest BCUT2D eigenvalue weighted by molar-refractivity contribution is 5.92. The number of ether oxygens (including phenoxy) is 1. The van der Waals surface area contributed by atoms with Crippen molar-refractivity contribution >= 4 is 5.91 Å². The number of hydrogen-bond acceptors (Lipinski definition) is 4. The van der Waals surface area contributed by atoms with Gasteiger partial charge >= 0.3 is 0 Å².